The van der Waals surface area contributed by atoms with Gasteiger partial charge in [-0.1, -0.05) is 20.8 Å². The molecule has 0 aliphatic heterocycles. The van der Waals surface area contributed by atoms with Crippen LogP contribution in [-0.4, -0.2) is 29.2 Å². The summed E-state index contributed by atoms with van der Waals surface area (Å²) in [5.41, 5.74) is -0.802. The van der Waals surface area contributed by atoms with E-state index in [1.54, 1.807) is 27.7 Å². The van der Waals surface area contributed by atoms with Crippen LogP contribution in [0.2, 0.25) is 0 Å². The van der Waals surface area contributed by atoms with Gasteiger partial charge in [-0.25, -0.2) is 4.79 Å². The summed E-state index contributed by atoms with van der Waals surface area (Å²) in [5, 5.41) is 5.52. The minimum Gasteiger partial charge on any atom is -0.444 e. The van der Waals surface area contributed by atoms with Gasteiger partial charge in [-0.2, -0.15) is 0 Å². The zero-order chi connectivity index (χ0) is 17.1. The smallest absolute Gasteiger partial charge is 0.408 e. The number of hydrogen-bond donors (Lipinski definition) is 2. The van der Waals surface area contributed by atoms with E-state index in [4.69, 9.17) is 4.74 Å². The van der Waals surface area contributed by atoms with Crippen molar-refractivity contribution in [3.63, 3.8) is 0 Å². The molecule has 0 aromatic carbocycles. The molecule has 0 bridgehead atoms. The summed E-state index contributed by atoms with van der Waals surface area (Å²) in [6, 6.07) is -0.640. The third kappa shape index (κ3) is 10.2. The number of alkyl carbamates (subject to hydrolysis) is 1. The molecule has 21 heavy (non-hydrogen) atoms. The molecule has 1 unspecified atom stereocenters. The van der Waals surface area contributed by atoms with Gasteiger partial charge in [0.1, 0.15) is 11.6 Å². The first kappa shape index (κ1) is 19.7. The molecule has 0 saturated heterocycles. The Kier molecular flexibility index (Phi) is 6.27. The Labute approximate surface area is 129 Å². The highest BCUT2D eigenvalue weighted by atomic mass is 16.6. The van der Waals surface area contributed by atoms with Crippen molar-refractivity contribution in [3.05, 3.63) is 0 Å². The van der Waals surface area contributed by atoms with Crippen molar-refractivity contribution in [2.75, 3.05) is 0 Å². The van der Waals surface area contributed by atoms with Crippen LogP contribution in [0.4, 0.5) is 4.79 Å². The summed E-state index contributed by atoms with van der Waals surface area (Å²) >= 11 is 0. The summed E-state index contributed by atoms with van der Waals surface area (Å²) in [5.74, 6) is -0.213. The summed E-state index contributed by atoms with van der Waals surface area (Å²) in [7, 11) is 0. The molecule has 1 atom stereocenters. The first-order valence-corrected chi connectivity index (χ1v) is 7.43. The van der Waals surface area contributed by atoms with Gasteiger partial charge in [-0.3, -0.25) is 4.79 Å². The maximum Gasteiger partial charge on any atom is 0.408 e. The van der Waals surface area contributed by atoms with Crippen molar-refractivity contribution >= 4 is 12.0 Å². The van der Waals surface area contributed by atoms with Gasteiger partial charge in [-0.15, -0.1) is 0 Å². The van der Waals surface area contributed by atoms with Crippen LogP contribution in [0.25, 0.3) is 0 Å². The normalized spacial score (nSPS) is 14.3. The van der Waals surface area contributed by atoms with Crippen LogP contribution < -0.4 is 10.6 Å². The molecular formula is C16H32N2O3. The van der Waals surface area contributed by atoms with Crippen LogP contribution >= 0.6 is 0 Å². The van der Waals surface area contributed by atoms with E-state index in [-0.39, 0.29) is 16.9 Å². The third-order valence-corrected chi connectivity index (χ3v) is 2.56. The number of amides is 2. The lowest BCUT2D eigenvalue weighted by molar-refractivity contribution is -0.124. The number of nitrogens with one attached hydrogen (secondary N) is 2. The Morgan fingerprint density at radius 1 is 1.00 bits per heavy atom. The number of rotatable bonds is 4. The number of hydrogen-bond acceptors (Lipinski definition) is 3. The van der Waals surface area contributed by atoms with Crippen LogP contribution in [0.5, 0.6) is 0 Å². The molecule has 124 valence electrons. The highest BCUT2D eigenvalue weighted by molar-refractivity contribution is 5.85. The van der Waals surface area contributed by atoms with Gasteiger partial charge in [0.05, 0.1) is 0 Å². The fourth-order valence-electron chi connectivity index (χ4n) is 2.36. The van der Waals surface area contributed by atoms with E-state index in [0.717, 1.165) is 6.42 Å². The molecule has 2 N–H and O–H groups in total. The van der Waals surface area contributed by atoms with E-state index in [1.807, 2.05) is 13.8 Å². The van der Waals surface area contributed by atoms with Crippen molar-refractivity contribution in [2.45, 2.75) is 85.9 Å². The summed E-state index contributed by atoms with van der Waals surface area (Å²) in [6.07, 6.45) is 0.254. The second kappa shape index (κ2) is 6.67. The number of ether oxygens (including phenoxy) is 1. The van der Waals surface area contributed by atoms with Gasteiger partial charge in [0, 0.05) is 5.54 Å². The second-order valence-electron chi connectivity index (χ2n) is 8.48. The predicted octanol–water partition coefficient (Wildman–Crippen LogP) is 3.23. The largest absolute Gasteiger partial charge is 0.444 e. The molecule has 5 heteroatoms. The Bertz CT molecular complexity index is 376. The Balaban J connectivity index is 4.49. The summed E-state index contributed by atoms with van der Waals surface area (Å²) in [6.45, 7) is 17.3. The van der Waals surface area contributed by atoms with Crippen LogP contribution in [0.3, 0.4) is 0 Å². The molecule has 0 aliphatic carbocycles. The minimum atomic E-state index is -0.640. The van der Waals surface area contributed by atoms with Crippen LogP contribution in [0.1, 0.15) is 68.7 Å². The number of carbonyl (C=O) groups excluding carboxylic acids is 2. The molecule has 5 nitrogen and oxygen atoms in total. The van der Waals surface area contributed by atoms with Crippen LogP contribution in [0, 0.1) is 5.41 Å². The lowest BCUT2D eigenvalue weighted by Crippen LogP contribution is -2.53. The Morgan fingerprint density at radius 2 is 1.48 bits per heavy atom. The van der Waals surface area contributed by atoms with Crippen molar-refractivity contribution in [3.8, 4) is 0 Å². The van der Waals surface area contributed by atoms with Crippen LogP contribution in [0.15, 0.2) is 0 Å². The van der Waals surface area contributed by atoms with Gasteiger partial charge in [0.15, 0.2) is 0 Å². The highest BCUT2D eigenvalue weighted by Gasteiger charge is 2.29. The molecule has 0 aromatic heterocycles. The first-order chi connectivity index (χ1) is 9.11. The summed E-state index contributed by atoms with van der Waals surface area (Å²) < 4.78 is 5.14. The fourth-order valence-corrected chi connectivity index (χ4v) is 2.36. The predicted molar refractivity (Wildman–Crippen MR) is 85.1 cm³/mol. The van der Waals surface area contributed by atoms with Crippen molar-refractivity contribution in [2.24, 2.45) is 5.41 Å². The molecule has 0 aliphatic rings. The average Bonchev–Trinajstić information content (AvgIpc) is 2.08. The monoisotopic (exact) mass is 300 g/mol. The number of carbonyl (C=O) groups is 2. The zero-order valence-electron chi connectivity index (χ0n) is 15.0. The SMILES string of the molecule is CC(NC(=O)OC(C)(C)C)C(=O)NC(C)(C)CC(C)(C)C. The molecule has 0 rings (SSSR count). The van der Waals surface area contributed by atoms with E-state index in [0.29, 0.717) is 0 Å². The maximum atomic E-state index is 12.2. The van der Waals surface area contributed by atoms with Gasteiger partial charge in [-0.05, 0) is 53.4 Å². The van der Waals surface area contributed by atoms with Crippen molar-refractivity contribution < 1.29 is 14.3 Å². The standard InChI is InChI=1S/C16H32N2O3/c1-11(17-13(20)21-15(5,6)7)12(19)18-16(8,9)10-14(2,3)4/h11H,10H2,1-9H3,(H,17,20)(H,18,19). The van der Waals surface area contributed by atoms with Crippen molar-refractivity contribution in [1.29, 1.82) is 0 Å². The lowest BCUT2D eigenvalue weighted by Gasteiger charge is -2.34. The molecule has 0 heterocycles. The average molecular weight is 300 g/mol. The lowest BCUT2D eigenvalue weighted by atomic mass is 9.81. The Morgan fingerprint density at radius 3 is 1.86 bits per heavy atom. The third-order valence-electron chi connectivity index (χ3n) is 2.56. The molecule has 0 radical (unpaired) electrons. The molecule has 0 spiro atoms. The quantitative estimate of drug-likeness (QED) is 0.837. The fraction of sp³-hybridized carbons (Fsp3) is 0.875. The van der Waals surface area contributed by atoms with Crippen molar-refractivity contribution in [1.82, 2.24) is 10.6 Å². The molecule has 0 saturated carbocycles. The van der Waals surface area contributed by atoms with Crippen LogP contribution in [-0.2, 0) is 9.53 Å². The van der Waals surface area contributed by atoms with E-state index >= 15 is 0 Å². The second-order valence-corrected chi connectivity index (χ2v) is 8.48. The topological polar surface area (TPSA) is 67.4 Å². The van der Waals surface area contributed by atoms with E-state index < -0.39 is 17.7 Å². The first-order valence-electron chi connectivity index (χ1n) is 7.43. The van der Waals surface area contributed by atoms with Gasteiger partial charge in [0.25, 0.3) is 0 Å². The molecule has 2 amide bonds. The van der Waals surface area contributed by atoms with E-state index in [2.05, 4.69) is 31.4 Å². The molecule has 0 aromatic rings. The summed E-state index contributed by atoms with van der Waals surface area (Å²) in [4.78, 5) is 23.8. The van der Waals surface area contributed by atoms with E-state index in [9.17, 15) is 9.59 Å². The van der Waals surface area contributed by atoms with Gasteiger partial charge in [0.2, 0.25) is 5.91 Å². The van der Waals surface area contributed by atoms with E-state index in [1.165, 1.54) is 0 Å². The van der Waals surface area contributed by atoms with Gasteiger partial charge >= 0.3 is 6.09 Å². The highest BCUT2D eigenvalue weighted by Crippen LogP contribution is 2.26. The molecular weight excluding hydrogens is 268 g/mol. The minimum absolute atomic E-state index is 0.110. The molecule has 0 fully saturated rings. The van der Waals surface area contributed by atoms with Gasteiger partial charge < -0.3 is 15.4 Å². The Hall–Kier alpha value is -1.26. The zero-order valence-corrected chi connectivity index (χ0v) is 15.0. The maximum absolute atomic E-state index is 12.2.